The smallest absolute Gasteiger partial charge is 0.343 e. The number of carbonyl (C=O) groups excluding carboxylic acids is 3. The van der Waals surface area contributed by atoms with Gasteiger partial charge in [0.25, 0.3) is 0 Å². The second-order valence-electron chi connectivity index (χ2n) is 6.44. The maximum absolute atomic E-state index is 12.0. The lowest BCUT2D eigenvalue weighted by Crippen LogP contribution is -2.32. The van der Waals surface area contributed by atoms with Gasteiger partial charge in [-0.15, -0.1) is 0 Å². The fourth-order valence-electron chi connectivity index (χ4n) is 2.57. The van der Waals surface area contributed by atoms with Gasteiger partial charge in [-0.2, -0.15) is 5.10 Å². The molecule has 0 bridgehead atoms. The molecule has 0 aliphatic heterocycles. The van der Waals surface area contributed by atoms with E-state index in [-0.39, 0.29) is 0 Å². The SMILES string of the molecule is CCOc1ccc(NC(=O)C(=O)N/N=C/c2ccc(OC(=O)c3ccccc3)cc2)cc1. The third-order valence-electron chi connectivity index (χ3n) is 4.11. The van der Waals surface area contributed by atoms with E-state index in [0.717, 1.165) is 0 Å². The quantitative estimate of drug-likeness (QED) is 0.196. The van der Waals surface area contributed by atoms with E-state index in [2.05, 4.69) is 15.8 Å². The monoisotopic (exact) mass is 431 g/mol. The summed E-state index contributed by atoms with van der Waals surface area (Å²) >= 11 is 0. The zero-order chi connectivity index (χ0) is 22.8. The zero-order valence-corrected chi connectivity index (χ0v) is 17.3. The first-order chi connectivity index (χ1) is 15.5. The average Bonchev–Trinajstić information content (AvgIpc) is 2.82. The third kappa shape index (κ3) is 6.53. The van der Waals surface area contributed by atoms with E-state index in [1.165, 1.54) is 6.21 Å². The molecule has 3 aromatic carbocycles. The van der Waals surface area contributed by atoms with Crippen molar-refractivity contribution < 1.29 is 23.9 Å². The molecule has 0 saturated heterocycles. The van der Waals surface area contributed by atoms with Crippen LogP contribution in [0.1, 0.15) is 22.8 Å². The first-order valence-electron chi connectivity index (χ1n) is 9.79. The van der Waals surface area contributed by atoms with Crippen LogP contribution in [0.3, 0.4) is 0 Å². The number of benzene rings is 3. The van der Waals surface area contributed by atoms with Gasteiger partial charge in [0.05, 0.1) is 18.4 Å². The van der Waals surface area contributed by atoms with Gasteiger partial charge in [-0.1, -0.05) is 18.2 Å². The minimum Gasteiger partial charge on any atom is -0.494 e. The molecule has 8 heteroatoms. The molecule has 3 aromatic rings. The summed E-state index contributed by atoms with van der Waals surface area (Å²) in [6, 6.07) is 21.8. The Morgan fingerprint density at radius 1 is 0.844 bits per heavy atom. The first-order valence-corrected chi connectivity index (χ1v) is 9.79. The Kier molecular flexibility index (Phi) is 7.69. The number of hydrazone groups is 1. The van der Waals surface area contributed by atoms with Gasteiger partial charge in [0.1, 0.15) is 11.5 Å². The molecule has 8 nitrogen and oxygen atoms in total. The van der Waals surface area contributed by atoms with E-state index in [0.29, 0.717) is 34.9 Å². The topological polar surface area (TPSA) is 106 Å². The van der Waals surface area contributed by atoms with Crippen LogP contribution in [-0.4, -0.2) is 30.6 Å². The second kappa shape index (κ2) is 11.1. The highest BCUT2D eigenvalue weighted by Crippen LogP contribution is 2.16. The molecule has 3 rings (SSSR count). The van der Waals surface area contributed by atoms with E-state index in [4.69, 9.17) is 9.47 Å². The molecule has 0 atom stereocenters. The second-order valence-corrected chi connectivity index (χ2v) is 6.44. The van der Waals surface area contributed by atoms with E-state index in [1.54, 1.807) is 72.8 Å². The van der Waals surface area contributed by atoms with Crippen molar-refractivity contribution in [3.63, 3.8) is 0 Å². The molecule has 0 fully saturated rings. The number of hydrogen-bond donors (Lipinski definition) is 2. The molecular weight excluding hydrogens is 410 g/mol. The Balaban J connectivity index is 1.47. The normalized spacial score (nSPS) is 10.4. The highest BCUT2D eigenvalue weighted by molar-refractivity contribution is 6.39. The summed E-state index contributed by atoms with van der Waals surface area (Å²) in [7, 11) is 0. The van der Waals surface area contributed by atoms with Crippen LogP contribution >= 0.6 is 0 Å². The highest BCUT2D eigenvalue weighted by atomic mass is 16.5. The fraction of sp³-hybridized carbons (Fsp3) is 0.0833. The lowest BCUT2D eigenvalue weighted by Gasteiger charge is -2.06. The van der Waals surface area contributed by atoms with Gasteiger partial charge in [-0.3, -0.25) is 9.59 Å². The molecule has 0 saturated carbocycles. The lowest BCUT2D eigenvalue weighted by molar-refractivity contribution is -0.136. The summed E-state index contributed by atoms with van der Waals surface area (Å²) in [4.78, 5) is 35.9. The average molecular weight is 431 g/mol. The Morgan fingerprint density at radius 3 is 2.16 bits per heavy atom. The van der Waals surface area contributed by atoms with E-state index in [1.807, 2.05) is 13.0 Å². The van der Waals surface area contributed by atoms with Crippen molar-refractivity contribution >= 4 is 29.7 Å². The Bertz CT molecular complexity index is 1090. The number of esters is 1. The molecule has 0 aliphatic rings. The van der Waals surface area contributed by atoms with E-state index < -0.39 is 17.8 Å². The van der Waals surface area contributed by atoms with Crippen molar-refractivity contribution in [2.45, 2.75) is 6.92 Å². The molecule has 162 valence electrons. The van der Waals surface area contributed by atoms with Crippen LogP contribution < -0.4 is 20.2 Å². The number of nitrogens with zero attached hydrogens (tertiary/aromatic N) is 1. The lowest BCUT2D eigenvalue weighted by atomic mass is 10.2. The van der Waals surface area contributed by atoms with Crippen LogP contribution in [0.2, 0.25) is 0 Å². The summed E-state index contributed by atoms with van der Waals surface area (Å²) in [5, 5.41) is 6.24. The van der Waals surface area contributed by atoms with Crippen LogP contribution in [0.25, 0.3) is 0 Å². The minimum atomic E-state index is -0.913. The maximum atomic E-state index is 12.0. The molecule has 0 unspecified atom stereocenters. The summed E-state index contributed by atoms with van der Waals surface area (Å²) in [5.74, 6) is -1.19. The Labute approximate surface area is 184 Å². The fourth-order valence-corrected chi connectivity index (χ4v) is 2.57. The van der Waals surface area contributed by atoms with E-state index in [9.17, 15) is 14.4 Å². The van der Waals surface area contributed by atoms with Crippen molar-refractivity contribution in [3.8, 4) is 11.5 Å². The minimum absolute atomic E-state index is 0.370. The molecule has 0 radical (unpaired) electrons. The van der Waals surface area contributed by atoms with Crippen LogP contribution in [0.4, 0.5) is 5.69 Å². The summed E-state index contributed by atoms with van der Waals surface area (Å²) in [5.41, 5.74) is 3.70. The van der Waals surface area contributed by atoms with Gasteiger partial charge in [-0.25, -0.2) is 10.2 Å². The van der Waals surface area contributed by atoms with Crippen LogP contribution in [0.5, 0.6) is 11.5 Å². The number of nitrogens with one attached hydrogen (secondary N) is 2. The summed E-state index contributed by atoms with van der Waals surface area (Å²) in [6.45, 7) is 2.41. The summed E-state index contributed by atoms with van der Waals surface area (Å²) < 4.78 is 10.6. The number of ether oxygens (including phenoxy) is 2. The number of amides is 2. The Hall–Kier alpha value is -4.46. The van der Waals surface area contributed by atoms with Crippen molar-refractivity contribution in [2.75, 3.05) is 11.9 Å². The molecular formula is C24H21N3O5. The van der Waals surface area contributed by atoms with Crippen LogP contribution in [-0.2, 0) is 9.59 Å². The first kappa shape index (κ1) is 22.2. The number of rotatable bonds is 7. The molecule has 2 N–H and O–H groups in total. The molecule has 0 spiro atoms. The van der Waals surface area contributed by atoms with Gasteiger partial charge in [0, 0.05) is 5.69 Å². The summed E-state index contributed by atoms with van der Waals surface area (Å²) in [6.07, 6.45) is 1.37. The number of hydrogen-bond acceptors (Lipinski definition) is 6. The zero-order valence-electron chi connectivity index (χ0n) is 17.3. The largest absolute Gasteiger partial charge is 0.494 e. The molecule has 32 heavy (non-hydrogen) atoms. The van der Waals surface area contributed by atoms with Crippen molar-refractivity contribution in [3.05, 3.63) is 90.0 Å². The standard InChI is InChI=1S/C24H21N3O5/c1-2-31-20-14-10-19(11-15-20)26-22(28)23(29)27-25-16-17-8-12-21(13-9-17)32-24(30)18-6-4-3-5-7-18/h3-16H,2H2,1H3,(H,26,28)(H,27,29)/b25-16+. The predicted molar refractivity (Wildman–Crippen MR) is 120 cm³/mol. The van der Waals surface area contributed by atoms with Crippen molar-refractivity contribution in [1.29, 1.82) is 0 Å². The third-order valence-corrected chi connectivity index (χ3v) is 4.11. The highest BCUT2D eigenvalue weighted by Gasteiger charge is 2.13. The molecule has 0 aliphatic carbocycles. The van der Waals surface area contributed by atoms with Crippen LogP contribution in [0.15, 0.2) is 84.0 Å². The van der Waals surface area contributed by atoms with E-state index >= 15 is 0 Å². The number of carbonyl (C=O) groups is 3. The maximum Gasteiger partial charge on any atom is 0.343 e. The van der Waals surface area contributed by atoms with Gasteiger partial charge >= 0.3 is 17.8 Å². The van der Waals surface area contributed by atoms with Crippen LogP contribution in [0, 0.1) is 0 Å². The molecule has 2 amide bonds. The van der Waals surface area contributed by atoms with Gasteiger partial charge in [0.15, 0.2) is 0 Å². The molecule has 0 heterocycles. The van der Waals surface area contributed by atoms with Gasteiger partial charge in [-0.05, 0) is 73.2 Å². The Morgan fingerprint density at radius 2 is 1.50 bits per heavy atom. The molecule has 0 aromatic heterocycles. The van der Waals surface area contributed by atoms with Gasteiger partial charge in [0.2, 0.25) is 0 Å². The van der Waals surface area contributed by atoms with Gasteiger partial charge < -0.3 is 14.8 Å². The van der Waals surface area contributed by atoms with Crippen molar-refractivity contribution in [2.24, 2.45) is 5.10 Å². The van der Waals surface area contributed by atoms with Crippen molar-refractivity contribution in [1.82, 2.24) is 5.43 Å². The number of anilines is 1. The predicted octanol–water partition coefficient (Wildman–Crippen LogP) is 3.39.